The molecule has 10 nitrogen and oxygen atoms in total. The first-order valence-corrected chi connectivity index (χ1v) is 12.9. The van der Waals surface area contributed by atoms with Crippen LogP contribution in [0.25, 0.3) is 0 Å². The van der Waals surface area contributed by atoms with Gasteiger partial charge in [-0.1, -0.05) is 24.3 Å². The van der Waals surface area contributed by atoms with E-state index in [2.05, 4.69) is 5.32 Å². The van der Waals surface area contributed by atoms with Crippen LogP contribution < -0.4 is 15.2 Å². The number of carbonyl (C=O) groups excluding carboxylic acids is 1. The van der Waals surface area contributed by atoms with Gasteiger partial charge in [0.2, 0.25) is 20.0 Å². The summed E-state index contributed by atoms with van der Waals surface area (Å²) in [7, 11) is -6.19. The fourth-order valence-electron chi connectivity index (χ4n) is 3.30. The number of rotatable bonds is 8. The minimum atomic E-state index is -4.00. The van der Waals surface area contributed by atoms with E-state index >= 15 is 0 Å². The van der Waals surface area contributed by atoms with Crippen molar-refractivity contribution < 1.29 is 31.1 Å². The summed E-state index contributed by atoms with van der Waals surface area (Å²) < 4.78 is 60.6. The van der Waals surface area contributed by atoms with Gasteiger partial charge in [-0.15, -0.1) is 0 Å². The van der Waals surface area contributed by atoms with Crippen molar-refractivity contribution in [1.82, 2.24) is 9.62 Å². The fraction of sp³-hybridized carbons (Fsp3) is 0.350. The highest BCUT2D eigenvalue weighted by Gasteiger charge is 2.25. The monoisotopic (exact) mass is 483 g/mol. The maximum atomic E-state index is 12.8. The molecule has 1 aliphatic rings. The number of nitrogens with zero attached hydrogens (tertiary/aromatic N) is 1. The zero-order valence-corrected chi connectivity index (χ0v) is 19.1. The molecule has 0 radical (unpaired) electrons. The third-order valence-electron chi connectivity index (χ3n) is 5.00. The molecule has 1 aliphatic heterocycles. The van der Waals surface area contributed by atoms with E-state index in [1.165, 1.54) is 23.5 Å². The summed E-state index contributed by atoms with van der Waals surface area (Å²) in [6, 6.07) is 10.6. The molecule has 3 N–H and O–H groups in total. The molecule has 1 fully saturated rings. The van der Waals surface area contributed by atoms with Crippen molar-refractivity contribution in [3.8, 4) is 5.75 Å². The molecule has 2 aromatic rings. The van der Waals surface area contributed by atoms with E-state index in [1.807, 2.05) is 0 Å². The lowest BCUT2D eigenvalue weighted by Gasteiger charge is -2.26. The summed E-state index contributed by atoms with van der Waals surface area (Å²) in [4.78, 5) is 12.5. The number of amides is 1. The van der Waals surface area contributed by atoms with E-state index in [-0.39, 0.29) is 28.5 Å². The third kappa shape index (κ3) is 5.84. The van der Waals surface area contributed by atoms with Crippen LogP contribution in [0.2, 0.25) is 0 Å². The Bertz CT molecular complexity index is 1190. The van der Waals surface area contributed by atoms with Crippen LogP contribution in [0.15, 0.2) is 47.4 Å². The van der Waals surface area contributed by atoms with Gasteiger partial charge in [0, 0.05) is 19.6 Å². The number of benzene rings is 2. The number of nitrogens with one attached hydrogen (secondary N) is 1. The smallest absolute Gasteiger partial charge is 0.255 e. The van der Waals surface area contributed by atoms with Gasteiger partial charge in [0.1, 0.15) is 5.75 Å². The zero-order valence-electron chi connectivity index (χ0n) is 17.5. The van der Waals surface area contributed by atoms with E-state index in [0.29, 0.717) is 37.4 Å². The van der Waals surface area contributed by atoms with Gasteiger partial charge in [0.15, 0.2) is 0 Å². The van der Waals surface area contributed by atoms with Gasteiger partial charge in [-0.2, -0.15) is 4.31 Å². The maximum Gasteiger partial charge on any atom is 0.255 e. The Morgan fingerprint density at radius 1 is 1.09 bits per heavy atom. The molecular formula is C20H25N3O7S2. The van der Waals surface area contributed by atoms with E-state index < -0.39 is 26.0 Å². The zero-order chi connectivity index (χ0) is 23.4. The van der Waals surface area contributed by atoms with Crippen molar-refractivity contribution in [2.45, 2.75) is 17.2 Å². The Balaban J connectivity index is 1.78. The first-order valence-electron chi connectivity index (χ1n) is 9.73. The fourth-order valence-corrected chi connectivity index (χ4v) is 5.40. The third-order valence-corrected chi connectivity index (χ3v) is 7.74. The molecule has 12 heteroatoms. The highest BCUT2D eigenvalue weighted by molar-refractivity contribution is 7.89. The van der Waals surface area contributed by atoms with Gasteiger partial charge in [0.25, 0.3) is 5.91 Å². The number of sulfonamides is 2. The summed E-state index contributed by atoms with van der Waals surface area (Å²) in [5.74, 6) is -0.611. The van der Waals surface area contributed by atoms with Crippen molar-refractivity contribution in [1.29, 1.82) is 0 Å². The highest BCUT2D eigenvalue weighted by atomic mass is 32.2. The van der Waals surface area contributed by atoms with Crippen LogP contribution >= 0.6 is 0 Å². The molecule has 1 heterocycles. The van der Waals surface area contributed by atoms with Crippen LogP contribution in [0, 0.1) is 0 Å². The Morgan fingerprint density at radius 3 is 2.38 bits per heavy atom. The number of methoxy groups -OCH3 is 1. The molecule has 1 saturated heterocycles. The summed E-state index contributed by atoms with van der Waals surface area (Å²) >= 11 is 0. The molecule has 32 heavy (non-hydrogen) atoms. The lowest BCUT2D eigenvalue weighted by Crippen LogP contribution is -2.41. The minimum Gasteiger partial charge on any atom is -0.496 e. The lowest BCUT2D eigenvalue weighted by atomic mass is 10.1. The molecule has 0 unspecified atom stereocenters. The Kier molecular flexibility index (Phi) is 7.51. The van der Waals surface area contributed by atoms with Crippen LogP contribution in [-0.2, 0) is 37.1 Å². The largest absolute Gasteiger partial charge is 0.496 e. The standard InChI is InChI=1S/C20H25N3O7S2/c1-29-19-7-6-17(32(21,27)28)12-18(19)20(24)22-13-15-4-2-3-5-16(15)14-31(25,26)23-8-10-30-11-9-23/h2-7,12H,8-11,13-14H2,1H3,(H,22,24)(H2,21,27,28). The Labute approximate surface area is 187 Å². The van der Waals surface area contributed by atoms with Crippen LogP contribution in [0.4, 0.5) is 0 Å². The molecule has 174 valence electrons. The quantitative estimate of drug-likeness (QED) is 0.554. The van der Waals surface area contributed by atoms with Gasteiger partial charge in [-0.05, 0) is 29.3 Å². The molecule has 0 atom stereocenters. The number of hydrogen-bond donors (Lipinski definition) is 2. The minimum absolute atomic E-state index is 0.00237. The van der Waals surface area contributed by atoms with Crippen molar-refractivity contribution in [2.75, 3.05) is 33.4 Å². The van der Waals surface area contributed by atoms with Crippen molar-refractivity contribution in [3.05, 3.63) is 59.2 Å². The molecular weight excluding hydrogens is 458 g/mol. The predicted octanol–water partition coefficient (Wildman–Crippen LogP) is 0.435. The summed E-state index contributed by atoms with van der Waals surface area (Å²) in [5, 5.41) is 7.84. The Hall–Kier alpha value is -2.51. The predicted molar refractivity (Wildman–Crippen MR) is 117 cm³/mol. The molecule has 0 bridgehead atoms. The van der Waals surface area contributed by atoms with Crippen LogP contribution in [0.1, 0.15) is 21.5 Å². The second kappa shape index (κ2) is 9.96. The molecule has 3 rings (SSSR count). The van der Waals surface area contributed by atoms with Crippen LogP contribution in [-0.4, -0.2) is 60.5 Å². The van der Waals surface area contributed by atoms with E-state index in [1.54, 1.807) is 24.3 Å². The van der Waals surface area contributed by atoms with Crippen molar-refractivity contribution in [3.63, 3.8) is 0 Å². The van der Waals surface area contributed by atoms with E-state index in [9.17, 15) is 21.6 Å². The SMILES string of the molecule is COc1ccc(S(N)(=O)=O)cc1C(=O)NCc1ccccc1CS(=O)(=O)N1CCOCC1. The highest BCUT2D eigenvalue weighted by Crippen LogP contribution is 2.22. The number of morpholine rings is 1. The Morgan fingerprint density at radius 2 is 1.75 bits per heavy atom. The van der Waals surface area contributed by atoms with Crippen LogP contribution in [0.5, 0.6) is 5.75 Å². The first kappa shape index (κ1) is 24.1. The second-order valence-electron chi connectivity index (χ2n) is 7.13. The lowest BCUT2D eigenvalue weighted by molar-refractivity contribution is 0.0729. The van der Waals surface area contributed by atoms with Gasteiger partial charge < -0.3 is 14.8 Å². The normalized spacial score (nSPS) is 15.3. The van der Waals surface area contributed by atoms with E-state index in [4.69, 9.17) is 14.6 Å². The topological polar surface area (TPSA) is 145 Å². The number of nitrogens with two attached hydrogens (primary N) is 1. The van der Waals surface area contributed by atoms with Gasteiger partial charge in [0.05, 0.1) is 36.5 Å². The second-order valence-corrected chi connectivity index (χ2v) is 10.7. The van der Waals surface area contributed by atoms with Crippen molar-refractivity contribution >= 4 is 26.0 Å². The first-order chi connectivity index (χ1) is 15.1. The summed E-state index contributed by atoms with van der Waals surface area (Å²) in [5.41, 5.74) is 1.18. The molecule has 0 spiro atoms. The van der Waals surface area contributed by atoms with Gasteiger partial charge in [-0.25, -0.2) is 22.0 Å². The summed E-state index contributed by atoms with van der Waals surface area (Å²) in [6.45, 7) is 1.37. The molecule has 0 saturated carbocycles. The number of hydrogen-bond acceptors (Lipinski definition) is 7. The number of ether oxygens (including phenoxy) is 2. The average Bonchev–Trinajstić information content (AvgIpc) is 2.77. The van der Waals surface area contributed by atoms with Crippen molar-refractivity contribution in [2.24, 2.45) is 5.14 Å². The molecule has 1 amide bonds. The van der Waals surface area contributed by atoms with Gasteiger partial charge in [-0.3, -0.25) is 4.79 Å². The molecule has 2 aromatic carbocycles. The van der Waals surface area contributed by atoms with Gasteiger partial charge >= 0.3 is 0 Å². The molecule has 0 aliphatic carbocycles. The van der Waals surface area contributed by atoms with Crippen LogP contribution in [0.3, 0.4) is 0 Å². The summed E-state index contributed by atoms with van der Waals surface area (Å²) in [6.07, 6.45) is 0. The number of primary sulfonamides is 1. The van der Waals surface area contributed by atoms with E-state index in [0.717, 1.165) is 6.07 Å². The number of carbonyl (C=O) groups is 1. The molecule has 0 aromatic heterocycles. The average molecular weight is 484 g/mol. The maximum absolute atomic E-state index is 12.8.